The summed E-state index contributed by atoms with van der Waals surface area (Å²) in [5.41, 5.74) is 0.821. The predicted molar refractivity (Wildman–Crippen MR) is 67.9 cm³/mol. The lowest BCUT2D eigenvalue weighted by molar-refractivity contribution is -0.143. The van der Waals surface area contributed by atoms with Crippen molar-refractivity contribution in [3.63, 3.8) is 0 Å². The van der Waals surface area contributed by atoms with Gasteiger partial charge in [0.25, 0.3) is 0 Å². The molecule has 1 aromatic rings. The van der Waals surface area contributed by atoms with Crippen molar-refractivity contribution in [2.45, 2.75) is 12.5 Å². The van der Waals surface area contributed by atoms with Crippen molar-refractivity contribution in [2.75, 3.05) is 20.7 Å². The molecular formula is C13H18N2O3. The van der Waals surface area contributed by atoms with E-state index in [4.69, 9.17) is 4.74 Å². The van der Waals surface area contributed by atoms with Crippen LogP contribution in [-0.2, 0) is 14.3 Å². The lowest BCUT2D eigenvalue weighted by Gasteiger charge is -2.16. The molecule has 18 heavy (non-hydrogen) atoms. The van der Waals surface area contributed by atoms with Crippen molar-refractivity contribution in [3.8, 4) is 0 Å². The van der Waals surface area contributed by atoms with Gasteiger partial charge in [-0.05, 0) is 5.56 Å². The van der Waals surface area contributed by atoms with Gasteiger partial charge < -0.3 is 15.4 Å². The Bertz CT molecular complexity index is 392. The number of esters is 1. The Balaban J connectivity index is 2.63. The molecule has 0 aliphatic carbocycles. The molecule has 1 aromatic carbocycles. The summed E-state index contributed by atoms with van der Waals surface area (Å²) in [6, 6.07) is 8.73. The van der Waals surface area contributed by atoms with E-state index in [0.29, 0.717) is 13.0 Å². The molecule has 0 saturated heterocycles. The number of hydrogen-bond donors (Lipinski definition) is 2. The zero-order valence-corrected chi connectivity index (χ0v) is 10.6. The summed E-state index contributed by atoms with van der Waals surface area (Å²) in [6.07, 6.45) is 0.316. The lowest BCUT2D eigenvalue weighted by atomic mass is 10.1. The minimum atomic E-state index is -0.541. The Morgan fingerprint density at radius 3 is 2.50 bits per heavy atom. The third kappa shape index (κ3) is 4.18. The number of carbonyl (C=O) groups is 2. The third-order valence-corrected chi connectivity index (χ3v) is 2.55. The maximum absolute atomic E-state index is 11.7. The fourth-order valence-electron chi connectivity index (χ4n) is 1.56. The summed E-state index contributed by atoms with van der Waals surface area (Å²) < 4.78 is 4.75. The zero-order chi connectivity index (χ0) is 13.4. The van der Waals surface area contributed by atoms with E-state index in [2.05, 4.69) is 10.6 Å². The highest BCUT2D eigenvalue weighted by molar-refractivity contribution is 5.78. The van der Waals surface area contributed by atoms with Crippen LogP contribution in [-0.4, -0.2) is 32.6 Å². The quantitative estimate of drug-likeness (QED) is 0.727. The molecular weight excluding hydrogens is 232 g/mol. The Hall–Kier alpha value is -1.88. The monoisotopic (exact) mass is 250 g/mol. The van der Waals surface area contributed by atoms with Crippen molar-refractivity contribution in [3.05, 3.63) is 35.9 Å². The van der Waals surface area contributed by atoms with Gasteiger partial charge in [-0.25, -0.2) is 4.79 Å². The van der Waals surface area contributed by atoms with E-state index < -0.39 is 6.04 Å². The number of nitrogens with one attached hydrogen (secondary N) is 2. The fourth-order valence-corrected chi connectivity index (χ4v) is 1.56. The standard InChI is InChI=1S/C13H18N2O3/c1-14-11(16)8-9-15-12(13(17)18-2)10-6-4-3-5-7-10/h3-7,12,15H,8-9H2,1-2H3,(H,14,16). The summed E-state index contributed by atoms with van der Waals surface area (Å²) in [5, 5.41) is 5.54. The molecule has 0 fully saturated rings. The zero-order valence-electron chi connectivity index (χ0n) is 10.6. The van der Waals surface area contributed by atoms with E-state index in [1.807, 2.05) is 30.3 Å². The second kappa shape index (κ2) is 7.45. The summed E-state index contributed by atoms with van der Waals surface area (Å²) in [6.45, 7) is 0.411. The van der Waals surface area contributed by atoms with Gasteiger partial charge in [-0.15, -0.1) is 0 Å². The van der Waals surface area contributed by atoms with Crippen molar-refractivity contribution >= 4 is 11.9 Å². The van der Waals surface area contributed by atoms with Crippen LogP contribution in [0.4, 0.5) is 0 Å². The number of benzene rings is 1. The molecule has 0 spiro atoms. The van der Waals surface area contributed by atoms with Crippen molar-refractivity contribution < 1.29 is 14.3 Å². The largest absolute Gasteiger partial charge is 0.468 e. The van der Waals surface area contributed by atoms with Crippen molar-refractivity contribution in [1.29, 1.82) is 0 Å². The van der Waals surface area contributed by atoms with Crippen LogP contribution >= 0.6 is 0 Å². The minimum Gasteiger partial charge on any atom is -0.468 e. The molecule has 1 rings (SSSR count). The van der Waals surface area contributed by atoms with Crippen LogP contribution in [0.15, 0.2) is 30.3 Å². The van der Waals surface area contributed by atoms with E-state index >= 15 is 0 Å². The second-order valence-electron chi connectivity index (χ2n) is 3.74. The van der Waals surface area contributed by atoms with Gasteiger partial charge in [0, 0.05) is 20.0 Å². The molecule has 2 N–H and O–H groups in total. The summed E-state index contributed by atoms with van der Waals surface area (Å²) in [5.74, 6) is -0.433. The summed E-state index contributed by atoms with van der Waals surface area (Å²) in [4.78, 5) is 22.8. The second-order valence-corrected chi connectivity index (χ2v) is 3.74. The topological polar surface area (TPSA) is 67.4 Å². The van der Waals surface area contributed by atoms with Gasteiger partial charge in [0.2, 0.25) is 5.91 Å². The SMILES string of the molecule is CNC(=O)CCNC(C(=O)OC)c1ccccc1. The van der Waals surface area contributed by atoms with Gasteiger partial charge in [0.1, 0.15) is 6.04 Å². The van der Waals surface area contributed by atoms with E-state index in [0.717, 1.165) is 5.56 Å². The number of methoxy groups -OCH3 is 1. The fraction of sp³-hybridized carbons (Fsp3) is 0.385. The molecule has 0 aliphatic rings. The number of carbonyl (C=O) groups excluding carboxylic acids is 2. The first-order valence-corrected chi connectivity index (χ1v) is 5.75. The third-order valence-electron chi connectivity index (χ3n) is 2.55. The molecule has 0 heterocycles. The molecule has 5 heteroatoms. The maximum Gasteiger partial charge on any atom is 0.327 e. The summed E-state index contributed by atoms with van der Waals surface area (Å²) >= 11 is 0. The van der Waals surface area contributed by atoms with Gasteiger partial charge in [-0.1, -0.05) is 30.3 Å². The van der Waals surface area contributed by atoms with E-state index in [-0.39, 0.29) is 11.9 Å². The van der Waals surface area contributed by atoms with Gasteiger partial charge >= 0.3 is 5.97 Å². The smallest absolute Gasteiger partial charge is 0.327 e. The van der Waals surface area contributed by atoms with Gasteiger partial charge in [-0.2, -0.15) is 0 Å². The number of hydrogen-bond acceptors (Lipinski definition) is 4. The Kier molecular flexibility index (Phi) is 5.87. The minimum absolute atomic E-state index is 0.0702. The van der Waals surface area contributed by atoms with Gasteiger partial charge in [0.05, 0.1) is 7.11 Å². The molecule has 0 aliphatic heterocycles. The molecule has 0 radical (unpaired) electrons. The highest BCUT2D eigenvalue weighted by Crippen LogP contribution is 2.13. The van der Waals surface area contributed by atoms with Gasteiger partial charge in [-0.3, -0.25) is 4.79 Å². The number of amides is 1. The Labute approximate surface area is 107 Å². The van der Waals surface area contributed by atoms with E-state index in [1.165, 1.54) is 7.11 Å². The lowest BCUT2D eigenvalue weighted by Crippen LogP contribution is -2.32. The first-order chi connectivity index (χ1) is 8.69. The number of ether oxygens (including phenoxy) is 1. The molecule has 1 atom stereocenters. The van der Waals surface area contributed by atoms with Crippen LogP contribution < -0.4 is 10.6 Å². The molecule has 1 unspecified atom stereocenters. The van der Waals surface area contributed by atoms with Gasteiger partial charge in [0.15, 0.2) is 0 Å². The average molecular weight is 250 g/mol. The predicted octanol–water partition coefficient (Wildman–Crippen LogP) is 0.626. The molecule has 98 valence electrons. The summed E-state index contributed by atoms with van der Waals surface area (Å²) in [7, 11) is 2.93. The molecule has 0 aromatic heterocycles. The first-order valence-electron chi connectivity index (χ1n) is 5.75. The average Bonchev–Trinajstić information content (AvgIpc) is 2.43. The molecule has 0 saturated carbocycles. The van der Waals surface area contributed by atoms with Crippen LogP contribution in [0.5, 0.6) is 0 Å². The molecule has 5 nitrogen and oxygen atoms in total. The van der Waals surface area contributed by atoms with Crippen molar-refractivity contribution in [1.82, 2.24) is 10.6 Å². The van der Waals surface area contributed by atoms with Crippen LogP contribution in [0, 0.1) is 0 Å². The van der Waals surface area contributed by atoms with Crippen molar-refractivity contribution in [2.24, 2.45) is 0 Å². The Morgan fingerprint density at radius 2 is 1.94 bits per heavy atom. The Morgan fingerprint density at radius 1 is 1.28 bits per heavy atom. The highest BCUT2D eigenvalue weighted by atomic mass is 16.5. The normalized spacial score (nSPS) is 11.7. The van der Waals surface area contributed by atoms with E-state index in [1.54, 1.807) is 7.05 Å². The maximum atomic E-state index is 11.7. The van der Waals surface area contributed by atoms with E-state index in [9.17, 15) is 9.59 Å². The molecule has 0 bridgehead atoms. The van der Waals surface area contributed by atoms with Crippen LogP contribution in [0.2, 0.25) is 0 Å². The highest BCUT2D eigenvalue weighted by Gasteiger charge is 2.20. The number of rotatable bonds is 6. The van der Waals surface area contributed by atoms with Crippen LogP contribution in [0.25, 0.3) is 0 Å². The van der Waals surface area contributed by atoms with Crippen LogP contribution in [0.1, 0.15) is 18.0 Å². The first kappa shape index (κ1) is 14.2. The van der Waals surface area contributed by atoms with Crippen LogP contribution in [0.3, 0.4) is 0 Å². The molecule has 1 amide bonds.